The quantitative estimate of drug-likeness (QED) is 0.376. The number of nitrogens with two attached hydrogens (primary N) is 1. The monoisotopic (exact) mass is 391 g/mol. The molecule has 0 saturated heterocycles. The zero-order chi connectivity index (χ0) is 20.2. The van der Waals surface area contributed by atoms with Crippen LogP contribution in [0.2, 0.25) is 0 Å². The first-order valence-corrected chi connectivity index (χ1v) is 10.2. The average molecular weight is 392 g/mol. The molecule has 2 aromatic carbocycles. The summed E-state index contributed by atoms with van der Waals surface area (Å²) in [5.41, 5.74) is 7.82. The number of fused-ring (bicyclic) bond motifs is 5. The Hall–Kier alpha value is -2.83. The van der Waals surface area contributed by atoms with Gasteiger partial charge >= 0.3 is 0 Å². The Balaban J connectivity index is 1.59. The van der Waals surface area contributed by atoms with Crippen molar-refractivity contribution >= 4 is 38.4 Å². The number of anilines is 1. The Bertz CT molecular complexity index is 1120. The number of nitrogens with zero attached hydrogens (tertiary/aromatic N) is 2. The first-order chi connectivity index (χ1) is 14.2. The lowest BCUT2D eigenvalue weighted by Gasteiger charge is -2.16. The summed E-state index contributed by atoms with van der Waals surface area (Å²) in [6.07, 6.45) is 3.96. The van der Waals surface area contributed by atoms with Gasteiger partial charge in [-0.2, -0.15) is 0 Å². The SMILES string of the molecule is COc1ccc2c(ccc3c2[nH]c2ccnc(NCCCN(C)CCCN)c23)c1. The number of aromatic nitrogens is 2. The summed E-state index contributed by atoms with van der Waals surface area (Å²) < 4.78 is 5.37. The molecule has 0 amide bonds. The van der Waals surface area contributed by atoms with E-state index in [1.165, 1.54) is 10.8 Å². The van der Waals surface area contributed by atoms with E-state index in [4.69, 9.17) is 10.5 Å². The highest BCUT2D eigenvalue weighted by Crippen LogP contribution is 2.35. The van der Waals surface area contributed by atoms with Gasteiger partial charge in [-0.1, -0.05) is 12.1 Å². The van der Waals surface area contributed by atoms with E-state index >= 15 is 0 Å². The average Bonchev–Trinajstić information content (AvgIpc) is 3.14. The number of aromatic amines is 1. The fraction of sp³-hybridized carbons (Fsp3) is 0.348. The standard InChI is InChI=1S/C23H29N5O/c1-28(13-3-10-24)14-4-11-25-23-21-19-7-5-16-15-17(29-2)6-8-18(16)22(19)27-20(21)9-12-26-23/h5-9,12,15,27H,3-4,10-11,13-14,24H2,1-2H3,(H,25,26). The van der Waals surface area contributed by atoms with E-state index in [1.807, 2.05) is 18.3 Å². The summed E-state index contributed by atoms with van der Waals surface area (Å²) in [5.74, 6) is 1.81. The largest absolute Gasteiger partial charge is 0.497 e. The van der Waals surface area contributed by atoms with Crippen molar-refractivity contribution in [2.24, 2.45) is 5.73 Å². The molecule has 4 rings (SSSR count). The van der Waals surface area contributed by atoms with Gasteiger partial charge in [0.15, 0.2) is 0 Å². The Labute approximate surface area is 171 Å². The second-order valence-electron chi connectivity index (χ2n) is 7.51. The van der Waals surface area contributed by atoms with Gasteiger partial charge in [0.05, 0.1) is 18.1 Å². The molecule has 152 valence electrons. The maximum absolute atomic E-state index is 5.59. The van der Waals surface area contributed by atoms with E-state index in [0.29, 0.717) is 0 Å². The molecule has 29 heavy (non-hydrogen) atoms. The topological polar surface area (TPSA) is 79.2 Å². The van der Waals surface area contributed by atoms with Gasteiger partial charge in [-0.3, -0.25) is 0 Å². The fourth-order valence-corrected chi connectivity index (χ4v) is 3.91. The zero-order valence-electron chi connectivity index (χ0n) is 17.2. The summed E-state index contributed by atoms with van der Waals surface area (Å²) in [5, 5.41) is 8.22. The summed E-state index contributed by atoms with van der Waals surface area (Å²) in [4.78, 5) is 10.5. The molecule has 0 atom stereocenters. The third-order valence-electron chi connectivity index (χ3n) is 5.46. The van der Waals surface area contributed by atoms with Gasteiger partial charge in [0, 0.05) is 28.9 Å². The van der Waals surface area contributed by atoms with Crippen molar-refractivity contribution in [3.63, 3.8) is 0 Å². The number of rotatable bonds is 9. The van der Waals surface area contributed by atoms with Gasteiger partial charge in [-0.15, -0.1) is 0 Å². The summed E-state index contributed by atoms with van der Waals surface area (Å²) in [6.45, 7) is 3.72. The molecule has 6 heteroatoms. The third-order valence-corrected chi connectivity index (χ3v) is 5.46. The molecule has 0 fully saturated rings. The van der Waals surface area contributed by atoms with Gasteiger partial charge in [0.25, 0.3) is 0 Å². The lowest BCUT2D eigenvalue weighted by atomic mass is 10.1. The van der Waals surface area contributed by atoms with E-state index in [2.05, 4.69) is 51.5 Å². The minimum Gasteiger partial charge on any atom is -0.497 e. The Kier molecular flexibility index (Phi) is 5.83. The number of nitrogens with one attached hydrogen (secondary N) is 2. The number of ether oxygens (including phenoxy) is 1. The fourth-order valence-electron chi connectivity index (χ4n) is 3.91. The van der Waals surface area contributed by atoms with Crippen molar-refractivity contribution < 1.29 is 4.74 Å². The Morgan fingerprint density at radius 3 is 2.76 bits per heavy atom. The number of hydrogen-bond donors (Lipinski definition) is 3. The number of benzene rings is 2. The van der Waals surface area contributed by atoms with Crippen molar-refractivity contribution in [1.29, 1.82) is 0 Å². The van der Waals surface area contributed by atoms with Crippen LogP contribution in [0.1, 0.15) is 12.8 Å². The van der Waals surface area contributed by atoms with Crippen LogP contribution in [0.5, 0.6) is 5.75 Å². The van der Waals surface area contributed by atoms with E-state index in [0.717, 1.165) is 72.4 Å². The molecule has 4 aromatic rings. The molecule has 0 unspecified atom stereocenters. The van der Waals surface area contributed by atoms with Crippen LogP contribution < -0.4 is 15.8 Å². The van der Waals surface area contributed by atoms with Crippen LogP contribution in [0.4, 0.5) is 5.82 Å². The van der Waals surface area contributed by atoms with Crippen LogP contribution in [0, 0.1) is 0 Å². The van der Waals surface area contributed by atoms with Crippen molar-refractivity contribution in [2.75, 3.05) is 45.7 Å². The summed E-state index contributed by atoms with van der Waals surface area (Å²) >= 11 is 0. The van der Waals surface area contributed by atoms with Gasteiger partial charge in [0.2, 0.25) is 0 Å². The molecular formula is C23H29N5O. The zero-order valence-corrected chi connectivity index (χ0v) is 17.2. The smallest absolute Gasteiger partial charge is 0.136 e. The van der Waals surface area contributed by atoms with Gasteiger partial charge < -0.3 is 25.7 Å². The van der Waals surface area contributed by atoms with Gasteiger partial charge in [0.1, 0.15) is 11.6 Å². The molecule has 0 aliphatic carbocycles. The van der Waals surface area contributed by atoms with E-state index in [1.54, 1.807) is 7.11 Å². The van der Waals surface area contributed by atoms with Crippen LogP contribution in [0.25, 0.3) is 32.6 Å². The highest BCUT2D eigenvalue weighted by molar-refractivity contribution is 6.19. The van der Waals surface area contributed by atoms with Crippen molar-refractivity contribution in [3.05, 3.63) is 42.6 Å². The first-order valence-electron chi connectivity index (χ1n) is 10.2. The Morgan fingerprint density at radius 2 is 1.93 bits per heavy atom. The molecule has 0 aliphatic rings. The summed E-state index contributed by atoms with van der Waals surface area (Å²) in [6, 6.07) is 12.5. The van der Waals surface area contributed by atoms with Gasteiger partial charge in [-0.05, 0) is 69.2 Å². The molecule has 0 spiro atoms. The van der Waals surface area contributed by atoms with Crippen LogP contribution >= 0.6 is 0 Å². The molecule has 0 saturated carbocycles. The van der Waals surface area contributed by atoms with Crippen LogP contribution in [-0.2, 0) is 0 Å². The summed E-state index contributed by atoms with van der Waals surface area (Å²) in [7, 11) is 3.84. The number of H-pyrrole nitrogens is 1. The predicted octanol–water partition coefficient (Wildman–Crippen LogP) is 3.96. The highest BCUT2D eigenvalue weighted by Gasteiger charge is 2.12. The first kappa shape index (κ1) is 19.5. The minimum absolute atomic E-state index is 0.747. The van der Waals surface area contributed by atoms with Crippen molar-refractivity contribution in [2.45, 2.75) is 12.8 Å². The molecule has 0 bridgehead atoms. The maximum atomic E-state index is 5.59. The molecule has 0 aliphatic heterocycles. The van der Waals surface area contributed by atoms with E-state index < -0.39 is 0 Å². The van der Waals surface area contributed by atoms with Crippen LogP contribution in [0.15, 0.2) is 42.6 Å². The Morgan fingerprint density at radius 1 is 1.10 bits per heavy atom. The normalized spacial score (nSPS) is 11.7. The lowest BCUT2D eigenvalue weighted by molar-refractivity contribution is 0.330. The number of pyridine rings is 1. The third kappa shape index (κ3) is 3.99. The molecule has 2 aromatic heterocycles. The van der Waals surface area contributed by atoms with Gasteiger partial charge in [-0.25, -0.2) is 4.98 Å². The van der Waals surface area contributed by atoms with Crippen molar-refractivity contribution in [3.8, 4) is 5.75 Å². The molecule has 6 nitrogen and oxygen atoms in total. The molecule has 0 radical (unpaired) electrons. The second-order valence-corrected chi connectivity index (χ2v) is 7.51. The van der Waals surface area contributed by atoms with Crippen LogP contribution in [-0.4, -0.2) is 55.2 Å². The maximum Gasteiger partial charge on any atom is 0.136 e. The second kappa shape index (κ2) is 8.68. The highest BCUT2D eigenvalue weighted by atomic mass is 16.5. The van der Waals surface area contributed by atoms with Crippen molar-refractivity contribution in [1.82, 2.24) is 14.9 Å². The number of hydrogen-bond acceptors (Lipinski definition) is 5. The lowest BCUT2D eigenvalue weighted by Crippen LogP contribution is -2.24. The molecule has 2 heterocycles. The van der Waals surface area contributed by atoms with E-state index in [9.17, 15) is 0 Å². The molecule has 4 N–H and O–H groups in total. The van der Waals surface area contributed by atoms with Crippen LogP contribution in [0.3, 0.4) is 0 Å². The molecular weight excluding hydrogens is 362 g/mol. The predicted molar refractivity (Wildman–Crippen MR) is 122 cm³/mol. The van der Waals surface area contributed by atoms with E-state index in [-0.39, 0.29) is 0 Å². The number of methoxy groups -OCH3 is 1. The minimum atomic E-state index is 0.747.